The van der Waals surface area contributed by atoms with Crippen LogP contribution in [0.2, 0.25) is 0 Å². The van der Waals surface area contributed by atoms with E-state index in [0.29, 0.717) is 17.6 Å². The molecule has 6 nitrogen and oxygen atoms in total. The number of anilines is 1. The van der Waals surface area contributed by atoms with Crippen molar-refractivity contribution in [1.82, 2.24) is 4.98 Å². The highest BCUT2D eigenvalue weighted by Gasteiger charge is 2.05. The molecule has 25 heavy (non-hydrogen) atoms. The number of oxazole rings is 1. The molecule has 0 atom stereocenters. The first-order valence-corrected chi connectivity index (χ1v) is 7.46. The lowest BCUT2D eigenvalue weighted by Crippen LogP contribution is -2.22. The first-order chi connectivity index (χ1) is 11.7. The summed E-state index contributed by atoms with van der Waals surface area (Å²) in [5.74, 6) is 2.29. The van der Waals surface area contributed by atoms with Gasteiger partial charge in [-0.3, -0.25) is 0 Å². The van der Waals surface area contributed by atoms with Crippen LogP contribution in [-0.2, 0) is 6.54 Å². The molecule has 2 aromatic carbocycles. The smallest absolute Gasteiger partial charge is 0.216 e. The largest absolute Gasteiger partial charge is 0.497 e. The van der Waals surface area contributed by atoms with Crippen molar-refractivity contribution in [3.05, 3.63) is 66.7 Å². The van der Waals surface area contributed by atoms with Gasteiger partial charge in [-0.1, -0.05) is 30.3 Å². The molecule has 0 aliphatic heterocycles. The van der Waals surface area contributed by atoms with Gasteiger partial charge in [-0.05, 0) is 24.3 Å². The molecule has 7 heteroatoms. The summed E-state index contributed by atoms with van der Waals surface area (Å²) < 4.78 is 10.8. The third-order valence-corrected chi connectivity index (χ3v) is 3.36. The Morgan fingerprint density at radius 3 is 2.56 bits per heavy atom. The summed E-state index contributed by atoms with van der Waals surface area (Å²) in [5, 5.41) is 3.00. The minimum absolute atomic E-state index is 0. The summed E-state index contributed by atoms with van der Waals surface area (Å²) in [6.45, 7) is 0.266. The van der Waals surface area contributed by atoms with E-state index in [-0.39, 0.29) is 30.5 Å². The number of aromatic nitrogens is 1. The molecule has 3 N–H and O–H groups in total. The van der Waals surface area contributed by atoms with Crippen LogP contribution in [0.5, 0.6) is 5.75 Å². The molecule has 3 rings (SSSR count). The normalized spacial score (nSPS) is 10.8. The lowest BCUT2D eigenvalue weighted by atomic mass is 10.2. The van der Waals surface area contributed by atoms with Crippen LogP contribution in [0.25, 0.3) is 11.3 Å². The second-order valence-electron chi connectivity index (χ2n) is 5.04. The maximum Gasteiger partial charge on any atom is 0.216 e. The van der Waals surface area contributed by atoms with Gasteiger partial charge in [-0.25, -0.2) is 9.98 Å². The number of hydrogen-bond acceptors (Lipinski definition) is 4. The Morgan fingerprint density at radius 2 is 1.88 bits per heavy atom. The van der Waals surface area contributed by atoms with E-state index in [9.17, 15) is 0 Å². The maximum absolute atomic E-state index is 5.88. The van der Waals surface area contributed by atoms with Gasteiger partial charge in [0.05, 0.1) is 13.3 Å². The lowest BCUT2D eigenvalue weighted by Gasteiger charge is -2.06. The van der Waals surface area contributed by atoms with E-state index in [1.807, 2.05) is 54.6 Å². The molecule has 0 saturated carbocycles. The molecule has 0 spiro atoms. The number of ether oxygens (including phenoxy) is 1. The van der Waals surface area contributed by atoms with Crippen molar-refractivity contribution in [2.75, 3.05) is 12.4 Å². The number of methoxy groups -OCH3 is 1. The molecule has 1 heterocycles. The highest BCUT2D eigenvalue weighted by molar-refractivity contribution is 14.0. The minimum atomic E-state index is 0. The van der Waals surface area contributed by atoms with Crippen LogP contribution in [0.4, 0.5) is 5.69 Å². The minimum Gasteiger partial charge on any atom is -0.497 e. The van der Waals surface area contributed by atoms with E-state index in [1.54, 1.807) is 13.3 Å². The molecule has 0 unspecified atom stereocenters. The molecule has 0 fully saturated rings. The number of nitrogens with zero attached hydrogens (tertiary/aromatic N) is 2. The Hall–Kier alpha value is -2.55. The monoisotopic (exact) mass is 450 g/mol. The highest BCUT2D eigenvalue weighted by Crippen LogP contribution is 2.20. The molecular weight excluding hydrogens is 431 g/mol. The van der Waals surface area contributed by atoms with Gasteiger partial charge in [0.2, 0.25) is 5.89 Å². The Kier molecular flexibility index (Phi) is 6.81. The second kappa shape index (κ2) is 9.07. The summed E-state index contributed by atoms with van der Waals surface area (Å²) >= 11 is 0. The molecule has 0 aliphatic rings. The quantitative estimate of drug-likeness (QED) is 0.350. The molecule has 130 valence electrons. The fourth-order valence-corrected chi connectivity index (χ4v) is 2.13. The first kappa shape index (κ1) is 18.8. The SMILES string of the molecule is COc1ccc(NC(N)=NCc2ncc(-c3ccccc3)o2)cc1.I. The first-order valence-electron chi connectivity index (χ1n) is 7.46. The second-order valence-corrected chi connectivity index (χ2v) is 5.04. The van der Waals surface area contributed by atoms with E-state index in [2.05, 4.69) is 15.3 Å². The molecular formula is C18H19IN4O2. The maximum atomic E-state index is 5.88. The van der Waals surface area contributed by atoms with E-state index < -0.39 is 0 Å². The van der Waals surface area contributed by atoms with Crippen LogP contribution in [0.15, 0.2) is 70.2 Å². The Balaban J connectivity index is 0.00000225. The van der Waals surface area contributed by atoms with Crippen molar-refractivity contribution in [2.24, 2.45) is 10.7 Å². The summed E-state index contributed by atoms with van der Waals surface area (Å²) in [6, 6.07) is 17.2. The molecule has 1 aromatic heterocycles. The number of hydrogen-bond donors (Lipinski definition) is 2. The van der Waals surface area contributed by atoms with Gasteiger partial charge in [0.25, 0.3) is 0 Å². The Bertz CT molecular complexity index is 817. The van der Waals surface area contributed by atoms with Crippen LogP contribution in [-0.4, -0.2) is 18.1 Å². The van der Waals surface area contributed by atoms with E-state index >= 15 is 0 Å². The Morgan fingerprint density at radius 1 is 1.16 bits per heavy atom. The van der Waals surface area contributed by atoms with Crippen LogP contribution in [0, 0.1) is 0 Å². The fraction of sp³-hybridized carbons (Fsp3) is 0.111. The van der Waals surface area contributed by atoms with Crippen molar-refractivity contribution < 1.29 is 9.15 Å². The van der Waals surface area contributed by atoms with Gasteiger partial charge in [0, 0.05) is 11.3 Å². The molecule has 0 aliphatic carbocycles. The molecule has 3 aromatic rings. The molecule has 0 bridgehead atoms. The van der Waals surface area contributed by atoms with Crippen molar-refractivity contribution in [1.29, 1.82) is 0 Å². The van der Waals surface area contributed by atoms with Gasteiger partial charge in [0.1, 0.15) is 12.3 Å². The molecule has 0 amide bonds. The number of benzene rings is 2. The third kappa shape index (κ3) is 5.21. The molecule has 0 radical (unpaired) electrons. The predicted molar refractivity (Wildman–Crippen MR) is 109 cm³/mol. The lowest BCUT2D eigenvalue weighted by molar-refractivity contribution is 0.415. The summed E-state index contributed by atoms with van der Waals surface area (Å²) in [4.78, 5) is 8.46. The van der Waals surface area contributed by atoms with Crippen molar-refractivity contribution >= 4 is 35.6 Å². The van der Waals surface area contributed by atoms with E-state index in [1.165, 1.54) is 0 Å². The van der Waals surface area contributed by atoms with Crippen molar-refractivity contribution in [3.63, 3.8) is 0 Å². The van der Waals surface area contributed by atoms with Crippen LogP contribution in [0.1, 0.15) is 5.89 Å². The van der Waals surface area contributed by atoms with Crippen molar-refractivity contribution in [2.45, 2.75) is 6.54 Å². The number of halogens is 1. The Labute approximate surface area is 163 Å². The number of guanidine groups is 1. The zero-order valence-corrected chi connectivity index (χ0v) is 16.0. The summed E-state index contributed by atoms with van der Waals surface area (Å²) in [5.41, 5.74) is 7.68. The average Bonchev–Trinajstić information content (AvgIpc) is 3.10. The van der Waals surface area contributed by atoms with Gasteiger partial charge in [-0.2, -0.15) is 0 Å². The third-order valence-electron chi connectivity index (χ3n) is 3.36. The average molecular weight is 450 g/mol. The van der Waals surface area contributed by atoms with Gasteiger partial charge in [0.15, 0.2) is 11.7 Å². The van der Waals surface area contributed by atoms with Crippen LogP contribution in [0.3, 0.4) is 0 Å². The van der Waals surface area contributed by atoms with Gasteiger partial charge >= 0.3 is 0 Å². The standard InChI is InChI=1S/C18H18N4O2.HI/c1-23-15-9-7-14(8-10-15)22-18(19)21-12-17-20-11-16(24-17)13-5-3-2-4-6-13;/h2-11H,12H2,1H3,(H3,19,21,22);1H. The fourth-order valence-electron chi connectivity index (χ4n) is 2.13. The topological polar surface area (TPSA) is 85.7 Å². The van der Waals surface area contributed by atoms with E-state index in [4.69, 9.17) is 14.9 Å². The van der Waals surface area contributed by atoms with Crippen LogP contribution >= 0.6 is 24.0 Å². The molecule has 0 saturated heterocycles. The number of aliphatic imine (C=N–C) groups is 1. The number of nitrogens with one attached hydrogen (secondary N) is 1. The van der Waals surface area contributed by atoms with Crippen molar-refractivity contribution in [3.8, 4) is 17.1 Å². The zero-order chi connectivity index (χ0) is 16.8. The zero-order valence-electron chi connectivity index (χ0n) is 13.7. The van der Waals surface area contributed by atoms with Gasteiger partial charge in [-0.15, -0.1) is 24.0 Å². The summed E-state index contributed by atoms with van der Waals surface area (Å²) in [7, 11) is 1.62. The van der Waals surface area contributed by atoms with E-state index in [0.717, 1.165) is 17.0 Å². The van der Waals surface area contributed by atoms with Gasteiger partial charge < -0.3 is 20.2 Å². The highest BCUT2D eigenvalue weighted by atomic mass is 127. The number of rotatable bonds is 5. The predicted octanol–water partition coefficient (Wildman–Crippen LogP) is 3.90. The van der Waals surface area contributed by atoms with Crippen LogP contribution < -0.4 is 15.8 Å². The number of nitrogens with two attached hydrogens (primary N) is 1. The summed E-state index contributed by atoms with van der Waals surface area (Å²) in [6.07, 6.45) is 1.69.